The summed E-state index contributed by atoms with van der Waals surface area (Å²) in [5, 5.41) is 11.9. The van der Waals surface area contributed by atoms with Gasteiger partial charge < -0.3 is 15.3 Å². The summed E-state index contributed by atoms with van der Waals surface area (Å²) >= 11 is 0. The van der Waals surface area contributed by atoms with Crippen molar-refractivity contribution in [3.63, 3.8) is 0 Å². The lowest BCUT2D eigenvalue weighted by Crippen LogP contribution is -2.44. The Kier molecular flexibility index (Phi) is 6.44. The number of urea groups is 1. The zero-order valence-electron chi connectivity index (χ0n) is 13.7. The molecule has 1 saturated carbocycles. The number of nitrogens with one attached hydrogen (secondary N) is 1. The Morgan fingerprint density at radius 2 is 2.00 bits per heavy atom. The van der Waals surface area contributed by atoms with Gasteiger partial charge in [-0.2, -0.15) is 0 Å². The van der Waals surface area contributed by atoms with Crippen LogP contribution in [-0.2, 0) is 11.2 Å². The maximum absolute atomic E-state index is 12.3. The molecule has 2 amide bonds. The molecule has 0 aromatic heterocycles. The lowest BCUT2D eigenvalue weighted by Gasteiger charge is -2.23. The largest absolute Gasteiger partial charge is 0.481 e. The van der Waals surface area contributed by atoms with Crippen molar-refractivity contribution < 1.29 is 14.7 Å². The van der Waals surface area contributed by atoms with Crippen molar-refractivity contribution in [2.24, 2.45) is 5.92 Å². The highest BCUT2D eigenvalue weighted by atomic mass is 16.4. The van der Waals surface area contributed by atoms with E-state index in [1.54, 1.807) is 11.9 Å². The number of carboxylic acids is 1. The molecule has 126 valence electrons. The van der Waals surface area contributed by atoms with Gasteiger partial charge in [0, 0.05) is 26.1 Å². The second-order valence-corrected chi connectivity index (χ2v) is 6.42. The average molecular weight is 318 g/mol. The summed E-state index contributed by atoms with van der Waals surface area (Å²) in [4.78, 5) is 24.8. The van der Waals surface area contributed by atoms with E-state index in [4.69, 9.17) is 5.11 Å². The first kappa shape index (κ1) is 17.3. The molecule has 1 aromatic rings. The van der Waals surface area contributed by atoms with Gasteiger partial charge in [-0.1, -0.05) is 43.2 Å². The van der Waals surface area contributed by atoms with Gasteiger partial charge in [0.25, 0.3) is 0 Å². The van der Waals surface area contributed by atoms with Gasteiger partial charge in [-0.25, -0.2) is 4.79 Å². The first-order valence-corrected chi connectivity index (χ1v) is 8.32. The van der Waals surface area contributed by atoms with Crippen molar-refractivity contribution >= 4 is 12.0 Å². The number of carboxylic acid groups (broad SMARTS) is 1. The summed E-state index contributed by atoms with van der Waals surface area (Å²) in [5.74, 6) is -0.0447. The number of nitrogens with zero attached hydrogens (tertiary/aromatic N) is 1. The minimum Gasteiger partial charge on any atom is -0.481 e. The maximum atomic E-state index is 12.3. The summed E-state index contributed by atoms with van der Waals surface area (Å²) in [6.45, 7) is 0.757. The van der Waals surface area contributed by atoms with Gasteiger partial charge in [-0.15, -0.1) is 0 Å². The molecule has 2 rings (SSSR count). The molecular formula is C18H26N2O3. The van der Waals surface area contributed by atoms with Crippen LogP contribution in [0.15, 0.2) is 30.3 Å². The standard InChI is InChI=1S/C18H26N2O3/c1-20(12-11-14-7-8-14)18(23)19-16(9-10-17(21)22)13-15-5-3-2-4-6-15/h2-6,14,16H,7-13H2,1H3,(H,19,23)(H,21,22). The van der Waals surface area contributed by atoms with E-state index in [0.29, 0.717) is 12.8 Å². The maximum Gasteiger partial charge on any atom is 0.317 e. The predicted octanol–water partition coefficient (Wildman–Crippen LogP) is 2.90. The van der Waals surface area contributed by atoms with E-state index in [0.717, 1.165) is 24.4 Å². The van der Waals surface area contributed by atoms with Crippen molar-refractivity contribution in [3.8, 4) is 0 Å². The van der Waals surface area contributed by atoms with Gasteiger partial charge in [0.15, 0.2) is 0 Å². The topological polar surface area (TPSA) is 69.6 Å². The Balaban J connectivity index is 1.86. The molecule has 23 heavy (non-hydrogen) atoms. The van der Waals surface area contributed by atoms with Gasteiger partial charge >= 0.3 is 12.0 Å². The van der Waals surface area contributed by atoms with Gasteiger partial charge in [0.05, 0.1) is 0 Å². The van der Waals surface area contributed by atoms with Crippen molar-refractivity contribution in [3.05, 3.63) is 35.9 Å². The third-order valence-corrected chi connectivity index (χ3v) is 4.28. The average Bonchev–Trinajstić information content (AvgIpc) is 3.35. The number of carbonyl (C=O) groups excluding carboxylic acids is 1. The number of hydrogen-bond donors (Lipinski definition) is 2. The number of aliphatic carboxylic acids is 1. The van der Waals surface area contributed by atoms with E-state index in [1.165, 1.54) is 12.8 Å². The third kappa shape index (κ3) is 6.72. The predicted molar refractivity (Wildman–Crippen MR) is 89.3 cm³/mol. The zero-order valence-corrected chi connectivity index (χ0v) is 13.7. The Hall–Kier alpha value is -2.04. The highest BCUT2D eigenvalue weighted by Gasteiger charge is 2.23. The van der Waals surface area contributed by atoms with Crippen LogP contribution in [-0.4, -0.2) is 41.6 Å². The SMILES string of the molecule is CN(CCC1CC1)C(=O)NC(CCC(=O)O)Cc1ccccc1. The van der Waals surface area contributed by atoms with Crippen molar-refractivity contribution in [1.82, 2.24) is 10.2 Å². The fourth-order valence-corrected chi connectivity index (χ4v) is 2.59. The van der Waals surface area contributed by atoms with Crippen LogP contribution in [0.25, 0.3) is 0 Å². The van der Waals surface area contributed by atoms with Gasteiger partial charge in [-0.3, -0.25) is 4.79 Å². The number of rotatable bonds is 9. The van der Waals surface area contributed by atoms with Crippen molar-refractivity contribution in [2.75, 3.05) is 13.6 Å². The summed E-state index contributed by atoms with van der Waals surface area (Å²) in [5.41, 5.74) is 1.10. The van der Waals surface area contributed by atoms with Gasteiger partial charge in [-0.05, 0) is 30.7 Å². The van der Waals surface area contributed by atoms with Crippen LogP contribution in [0.3, 0.4) is 0 Å². The van der Waals surface area contributed by atoms with E-state index in [1.807, 2.05) is 30.3 Å². The molecule has 0 aliphatic heterocycles. The van der Waals surface area contributed by atoms with Crippen LogP contribution in [0.4, 0.5) is 4.79 Å². The molecule has 5 nitrogen and oxygen atoms in total. The lowest BCUT2D eigenvalue weighted by molar-refractivity contribution is -0.137. The van der Waals surface area contributed by atoms with E-state index >= 15 is 0 Å². The molecular weight excluding hydrogens is 292 g/mol. The third-order valence-electron chi connectivity index (χ3n) is 4.28. The van der Waals surface area contributed by atoms with E-state index in [9.17, 15) is 9.59 Å². The van der Waals surface area contributed by atoms with E-state index in [-0.39, 0.29) is 18.5 Å². The minimum absolute atomic E-state index is 0.0591. The molecule has 1 aromatic carbocycles. The van der Waals surface area contributed by atoms with Crippen LogP contribution >= 0.6 is 0 Å². The molecule has 0 saturated heterocycles. The molecule has 1 aliphatic rings. The first-order valence-electron chi connectivity index (χ1n) is 8.32. The summed E-state index contributed by atoms with van der Waals surface area (Å²) in [7, 11) is 1.80. The molecule has 1 unspecified atom stereocenters. The van der Waals surface area contributed by atoms with Crippen LogP contribution in [0, 0.1) is 5.92 Å². The van der Waals surface area contributed by atoms with Crippen LogP contribution in [0.2, 0.25) is 0 Å². The fraction of sp³-hybridized carbons (Fsp3) is 0.556. The smallest absolute Gasteiger partial charge is 0.317 e. The second-order valence-electron chi connectivity index (χ2n) is 6.42. The molecule has 2 N–H and O–H groups in total. The Bertz CT molecular complexity index is 514. The highest BCUT2D eigenvalue weighted by Crippen LogP contribution is 2.32. The first-order chi connectivity index (χ1) is 11.0. The van der Waals surface area contributed by atoms with Crippen LogP contribution in [0.1, 0.15) is 37.7 Å². The number of amides is 2. The summed E-state index contributed by atoms with van der Waals surface area (Å²) in [6, 6.07) is 9.56. The second kappa shape index (κ2) is 8.56. The minimum atomic E-state index is -0.834. The van der Waals surface area contributed by atoms with Crippen LogP contribution < -0.4 is 5.32 Å². The van der Waals surface area contributed by atoms with Crippen molar-refractivity contribution in [1.29, 1.82) is 0 Å². The van der Waals surface area contributed by atoms with Gasteiger partial charge in [0.1, 0.15) is 0 Å². The molecule has 0 bridgehead atoms. The van der Waals surface area contributed by atoms with Crippen molar-refractivity contribution in [2.45, 2.75) is 44.6 Å². The Labute approximate surface area is 137 Å². The van der Waals surface area contributed by atoms with E-state index < -0.39 is 5.97 Å². The Morgan fingerprint density at radius 3 is 2.61 bits per heavy atom. The molecule has 0 radical (unpaired) electrons. The normalized spacial score (nSPS) is 15.0. The summed E-state index contributed by atoms with van der Waals surface area (Å²) < 4.78 is 0. The van der Waals surface area contributed by atoms with Gasteiger partial charge in [0.2, 0.25) is 0 Å². The molecule has 0 heterocycles. The molecule has 1 fully saturated rings. The number of benzene rings is 1. The number of carbonyl (C=O) groups is 2. The fourth-order valence-electron chi connectivity index (χ4n) is 2.59. The monoisotopic (exact) mass is 318 g/mol. The molecule has 1 aliphatic carbocycles. The summed E-state index contributed by atoms with van der Waals surface area (Å²) in [6.07, 6.45) is 4.77. The number of hydrogen-bond acceptors (Lipinski definition) is 2. The lowest BCUT2D eigenvalue weighted by atomic mass is 10.0. The molecule has 0 spiro atoms. The van der Waals surface area contributed by atoms with E-state index in [2.05, 4.69) is 5.32 Å². The van der Waals surface area contributed by atoms with Crippen LogP contribution in [0.5, 0.6) is 0 Å². The molecule has 5 heteroatoms. The zero-order chi connectivity index (χ0) is 16.7. The highest BCUT2D eigenvalue weighted by molar-refractivity contribution is 5.74. The molecule has 1 atom stereocenters. The quantitative estimate of drug-likeness (QED) is 0.735. The Morgan fingerprint density at radius 1 is 1.30 bits per heavy atom.